The number of amides is 1. The van der Waals surface area contributed by atoms with Crippen molar-refractivity contribution < 1.29 is 4.79 Å². The SMILES string of the molecule is Cc1cc(-c2ccc(CC(=O)Nc3ccc(/C(C=N)=C/C=N)cn3)cc2)ccn1. The number of carbonyl (C=O) groups excluding carboxylic acids is 1. The first-order valence-corrected chi connectivity index (χ1v) is 9.08. The molecule has 2 aromatic heterocycles. The van der Waals surface area contributed by atoms with Crippen molar-refractivity contribution in [3.05, 3.63) is 83.8 Å². The maximum Gasteiger partial charge on any atom is 0.229 e. The summed E-state index contributed by atoms with van der Waals surface area (Å²) < 4.78 is 0. The van der Waals surface area contributed by atoms with Crippen LogP contribution in [-0.2, 0) is 11.2 Å². The number of hydrogen-bond donors (Lipinski definition) is 3. The first-order valence-electron chi connectivity index (χ1n) is 9.08. The molecule has 0 radical (unpaired) electrons. The van der Waals surface area contributed by atoms with Crippen molar-refractivity contribution in [2.45, 2.75) is 13.3 Å². The van der Waals surface area contributed by atoms with Gasteiger partial charge in [0.25, 0.3) is 0 Å². The molecule has 6 nitrogen and oxygen atoms in total. The Morgan fingerprint density at radius 3 is 2.45 bits per heavy atom. The van der Waals surface area contributed by atoms with Crippen LogP contribution in [0.4, 0.5) is 5.82 Å². The number of aryl methyl sites for hydroxylation is 1. The van der Waals surface area contributed by atoms with Gasteiger partial charge in [0, 0.05) is 41.7 Å². The van der Waals surface area contributed by atoms with Crippen LogP contribution in [0.3, 0.4) is 0 Å². The maximum absolute atomic E-state index is 12.3. The van der Waals surface area contributed by atoms with Crippen molar-refractivity contribution in [3.63, 3.8) is 0 Å². The van der Waals surface area contributed by atoms with E-state index >= 15 is 0 Å². The number of nitrogens with one attached hydrogen (secondary N) is 3. The highest BCUT2D eigenvalue weighted by Gasteiger charge is 2.07. The minimum absolute atomic E-state index is 0.153. The van der Waals surface area contributed by atoms with Gasteiger partial charge in [-0.25, -0.2) is 4.98 Å². The van der Waals surface area contributed by atoms with E-state index in [1.165, 1.54) is 6.08 Å². The Hall–Kier alpha value is -3.93. The van der Waals surface area contributed by atoms with Gasteiger partial charge in [-0.1, -0.05) is 24.3 Å². The highest BCUT2D eigenvalue weighted by Crippen LogP contribution is 2.20. The van der Waals surface area contributed by atoms with Gasteiger partial charge in [-0.2, -0.15) is 0 Å². The van der Waals surface area contributed by atoms with Gasteiger partial charge in [0.1, 0.15) is 5.82 Å². The number of pyridine rings is 2. The largest absolute Gasteiger partial charge is 0.310 e. The number of hydrogen-bond acceptors (Lipinski definition) is 5. The number of anilines is 1. The zero-order valence-corrected chi connectivity index (χ0v) is 16.0. The van der Waals surface area contributed by atoms with Gasteiger partial charge in [-0.3, -0.25) is 9.78 Å². The van der Waals surface area contributed by atoms with E-state index < -0.39 is 0 Å². The zero-order valence-electron chi connectivity index (χ0n) is 16.0. The third-order valence-electron chi connectivity index (χ3n) is 4.33. The fourth-order valence-electron chi connectivity index (χ4n) is 2.87. The molecule has 3 aromatic rings. The molecule has 3 rings (SSSR count). The maximum atomic E-state index is 12.3. The molecule has 0 saturated carbocycles. The first kappa shape index (κ1) is 19.8. The monoisotopic (exact) mass is 383 g/mol. The molecule has 1 aromatic carbocycles. The Morgan fingerprint density at radius 1 is 1.03 bits per heavy atom. The molecule has 6 heteroatoms. The van der Waals surface area contributed by atoms with E-state index in [0.29, 0.717) is 17.0 Å². The van der Waals surface area contributed by atoms with Crippen molar-refractivity contribution in [1.29, 1.82) is 10.8 Å². The second-order valence-corrected chi connectivity index (χ2v) is 6.47. The van der Waals surface area contributed by atoms with Gasteiger partial charge in [0.2, 0.25) is 5.91 Å². The van der Waals surface area contributed by atoms with Crippen molar-refractivity contribution >= 4 is 29.7 Å². The first-order chi connectivity index (χ1) is 14.1. The van der Waals surface area contributed by atoms with Gasteiger partial charge < -0.3 is 16.1 Å². The van der Waals surface area contributed by atoms with Crippen LogP contribution in [0.25, 0.3) is 16.7 Å². The quantitative estimate of drug-likeness (QED) is 0.530. The minimum Gasteiger partial charge on any atom is -0.310 e. The van der Waals surface area contributed by atoms with Gasteiger partial charge in [-0.05, 0) is 54.0 Å². The fourth-order valence-corrected chi connectivity index (χ4v) is 2.87. The van der Waals surface area contributed by atoms with Gasteiger partial charge >= 0.3 is 0 Å². The van der Waals surface area contributed by atoms with Crippen LogP contribution in [0.15, 0.2) is 67.0 Å². The predicted octanol–water partition coefficient (Wildman–Crippen LogP) is 4.32. The number of benzene rings is 1. The highest BCUT2D eigenvalue weighted by atomic mass is 16.1. The molecule has 29 heavy (non-hydrogen) atoms. The van der Waals surface area contributed by atoms with Crippen LogP contribution >= 0.6 is 0 Å². The number of aromatic nitrogens is 2. The van der Waals surface area contributed by atoms with Crippen LogP contribution in [-0.4, -0.2) is 28.3 Å². The molecule has 0 unspecified atom stereocenters. The van der Waals surface area contributed by atoms with E-state index in [1.54, 1.807) is 24.5 Å². The number of nitrogens with zero attached hydrogens (tertiary/aromatic N) is 2. The summed E-state index contributed by atoms with van der Waals surface area (Å²) in [6, 6.07) is 15.3. The number of carbonyl (C=O) groups is 1. The molecular weight excluding hydrogens is 362 g/mol. The predicted molar refractivity (Wildman–Crippen MR) is 117 cm³/mol. The molecule has 144 valence electrons. The van der Waals surface area contributed by atoms with Crippen LogP contribution in [0.2, 0.25) is 0 Å². The van der Waals surface area contributed by atoms with Gasteiger partial charge in [0.05, 0.1) is 6.42 Å². The van der Waals surface area contributed by atoms with Gasteiger partial charge in [0.15, 0.2) is 0 Å². The lowest BCUT2D eigenvalue weighted by molar-refractivity contribution is -0.115. The molecule has 0 bridgehead atoms. The topological polar surface area (TPSA) is 103 Å². The summed E-state index contributed by atoms with van der Waals surface area (Å²) in [7, 11) is 0. The van der Waals surface area contributed by atoms with Crippen molar-refractivity contribution in [2.75, 3.05) is 5.32 Å². The Kier molecular flexibility index (Phi) is 6.37. The third-order valence-corrected chi connectivity index (χ3v) is 4.33. The molecule has 3 N–H and O–H groups in total. The van der Waals surface area contributed by atoms with Gasteiger partial charge in [-0.15, -0.1) is 0 Å². The minimum atomic E-state index is -0.153. The molecule has 0 aliphatic heterocycles. The van der Waals surface area contributed by atoms with E-state index in [-0.39, 0.29) is 12.3 Å². The molecule has 0 aliphatic rings. The second-order valence-electron chi connectivity index (χ2n) is 6.47. The standard InChI is InChI=1S/C23H21N5O/c1-16-12-19(9-11-26-16)18-4-2-17(3-5-18)13-23(29)28-22-7-6-21(15-27-22)20(14-25)8-10-24/h2-12,14-15,24-25H,13H2,1H3,(H,27,28,29)/b20-8+,24-10?,25-14?. The van der Waals surface area contributed by atoms with Crippen molar-refractivity contribution in [2.24, 2.45) is 0 Å². The average Bonchev–Trinajstić information content (AvgIpc) is 2.73. The Labute approximate surface area is 169 Å². The summed E-state index contributed by atoms with van der Waals surface area (Å²) in [5.74, 6) is 0.293. The van der Waals surface area contributed by atoms with Crippen LogP contribution < -0.4 is 5.32 Å². The third kappa shape index (κ3) is 5.29. The molecular formula is C23H21N5O. The Morgan fingerprint density at radius 2 is 1.83 bits per heavy atom. The van der Waals surface area contributed by atoms with Crippen LogP contribution in [0.5, 0.6) is 0 Å². The molecule has 2 heterocycles. The number of rotatable bonds is 7. The highest BCUT2D eigenvalue weighted by molar-refractivity contribution is 6.12. The lowest BCUT2D eigenvalue weighted by Crippen LogP contribution is -2.15. The summed E-state index contributed by atoms with van der Waals surface area (Å²) in [5.41, 5.74) is 5.34. The molecule has 0 aliphatic carbocycles. The summed E-state index contributed by atoms with van der Waals surface area (Å²) in [6.07, 6.45) is 7.41. The van der Waals surface area contributed by atoms with E-state index in [4.69, 9.17) is 10.8 Å². The normalized spacial score (nSPS) is 11.0. The molecule has 0 spiro atoms. The Bertz CT molecular complexity index is 1050. The van der Waals surface area contributed by atoms with E-state index in [0.717, 1.165) is 34.8 Å². The average molecular weight is 383 g/mol. The number of allylic oxidation sites excluding steroid dienone is 2. The van der Waals surface area contributed by atoms with Crippen molar-refractivity contribution in [3.8, 4) is 11.1 Å². The second kappa shape index (κ2) is 9.32. The summed E-state index contributed by atoms with van der Waals surface area (Å²) in [6.45, 7) is 1.96. The fraction of sp³-hybridized carbons (Fsp3) is 0.0870. The molecule has 0 saturated heterocycles. The van der Waals surface area contributed by atoms with Crippen LogP contribution in [0, 0.1) is 17.7 Å². The lowest BCUT2D eigenvalue weighted by atomic mass is 10.0. The molecule has 1 amide bonds. The van der Waals surface area contributed by atoms with E-state index in [2.05, 4.69) is 15.3 Å². The Balaban J connectivity index is 1.62. The smallest absolute Gasteiger partial charge is 0.229 e. The van der Waals surface area contributed by atoms with Crippen molar-refractivity contribution in [1.82, 2.24) is 9.97 Å². The molecule has 0 atom stereocenters. The summed E-state index contributed by atoms with van der Waals surface area (Å²) in [4.78, 5) is 20.7. The van der Waals surface area contributed by atoms with E-state index in [1.807, 2.05) is 43.3 Å². The summed E-state index contributed by atoms with van der Waals surface area (Å²) >= 11 is 0. The van der Waals surface area contributed by atoms with E-state index in [9.17, 15) is 4.79 Å². The molecule has 0 fully saturated rings. The van der Waals surface area contributed by atoms with Crippen LogP contribution in [0.1, 0.15) is 16.8 Å². The lowest BCUT2D eigenvalue weighted by Gasteiger charge is -2.07. The summed E-state index contributed by atoms with van der Waals surface area (Å²) in [5, 5.41) is 17.3. The zero-order chi connectivity index (χ0) is 20.6.